The van der Waals surface area contributed by atoms with Gasteiger partial charge in [-0.15, -0.1) is 0 Å². The number of hydrogen-bond acceptors (Lipinski definition) is 11. The van der Waals surface area contributed by atoms with E-state index in [4.69, 9.17) is 9.47 Å². The highest BCUT2D eigenvalue weighted by atomic mass is 32.3. The first-order valence-electron chi connectivity index (χ1n) is 25.3. The van der Waals surface area contributed by atoms with Gasteiger partial charge in [0, 0.05) is 0 Å². The maximum Gasteiger partial charge on any atom is 0.397 e. The van der Waals surface area contributed by atoms with Crippen LogP contribution in [-0.2, 0) is 28.9 Å². The molecular weight excluding hydrogens is 827 g/mol. The van der Waals surface area contributed by atoms with Crippen molar-refractivity contribution in [1.29, 1.82) is 0 Å². The fourth-order valence-corrected chi connectivity index (χ4v) is 8.57. The largest absolute Gasteiger partial charge is 0.397 e. The van der Waals surface area contributed by atoms with E-state index in [-0.39, 0.29) is 6.42 Å². The van der Waals surface area contributed by atoms with Crippen LogP contribution in [0, 0.1) is 0 Å². The van der Waals surface area contributed by atoms with Crippen molar-refractivity contribution in [3.8, 4) is 0 Å². The number of unbranched alkanes of at least 4 members (excludes halogenated alkanes) is 28. The van der Waals surface area contributed by atoms with E-state index in [0.717, 1.165) is 38.5 Å². The summed E-state index contributed by atoms with van der Waals surface area (Å²) >= 11 is 0. The van der Waals surface area contributed by atoms with Crippen LogP contribution in [0.4, 0.5) is 0 Å². The Morgan fingerprint density at radius 1 is 0.635 bits per heavy atom. The highest BCUT2D eigenvalue weighted by Crippen LogP contribution is 2.26. The fraction of sp³-hybridized carbons (Fsp3) is 0.898. The predicted molar refractivity (Wildman–Crippen MR) is 251 cm³/mol. The van der Waals surface area contributed by atoms with Gasteiger partial charge in [0.2, 0.25) is 5.91 Å². The Balaban J connectivity index is 2.55. The van der Waals surface area contributed by atoms with Gasteiger partial charge in [0.05, 0.1) is 25.4 Å². The van der Waals surface area contributed by atoms with Gasteiger partial charge in [0.25, 0.3) is 0 Å². The minimum absolute atomic E-state index is 0.241. The van der Waals surface area contributed by atoms with E-state index in [1.165, 1.54) is 154 Å². The van der Waals surface area contributed by atoms with Crippen LogP contribution >= 0.6 is 0 Å². The van der Waals surface area contributed by atoms with Gasteiger partial charge in [-0.25, -0.2) is 4.18 Å². The van der Waals surface area contributed by atoms with Gasteiger partial charge in [-0.2, -0.15) is 8.42 Å². The molecule has 1 heterocycles. The first-order valence-corrected chi connectivity index (χ1v) is 26.7. The van der Waals surface area contributed by atoms with Gasteiger partial charge in [0.1, 0.15) is 30.5 Å². The molecule has 7 N–H and O–H groups in total. The normalized spacial score (nSPS) is 21.0. The third kappa shape index (κ3) is 32.0. The van der Waals surface area contributed by atoms with E-state index < -0.39 is 78.5 Å². The molecule has 0 aliphatic carbocycles. The van der Waals surface area contributed by atoms with Crippen molar-refractivity contribution in [1.82, 2.24) is 5.32 Å². The number of amides is 1. The number of hydrogen-bond donors (Lipinski definition) is 7. The molecule has 0 aromatic heterocycles. The van der Waals surface area contributed by atoms with E-state index in [1.807, 2.05) is 0 Å². The second-order valence-electron chi connectivity index (χ2n) is 17.9. The Bertz CT molecular complexity index is 1240. The molecule has 1 aliphatic heterocycles. The Morgan fingerprint density at radius 2 is 1.06 bits per heavy atom. The van der Waals surface area contributed by atoms with Crippen LogP contribution in [0.5, 0.6) is 0 Å². The third-order valence-electron chi connectivity index (χ3n) is 12.1. The molecule has 13 nitrogen and oxygen atoms in total. The highest BCUT2D eigenvalue weighted by Gasteiger charge is 2.48. The Hall–Kier alpha value is -1.46. The Labute approximate surface area is 383 Å². The maximum atomic E-state index is 13.1. The van der Waals surface area contributed by atoms with Gasteiger partial charge in [-0.1, -0.05) is 212 Å². The lowest BCUT2D eigenvalue weighted by atomic mass is 9.99. The Morgan fingerprint density at radius 3 is 1.52 bits per heavy atom. The molecule has 1 aliphatic rings. The average Bonchev–Trinajstić information content (AvgIpc) is 3.25. The zero-order valence-corrected chi connectivity index (χ0v) is 40.3. The number of carbonyl (C=O) groups is 1. The summed E-state index contributed by atoms with van der Waals surface area (Å²) in [5.41, 5.74) is 0. The van der Waals surface area contributed by atoms with Crippen LogP contribution < -0.4 is 5.32 Å². The second-order valence-corrected chi connectivity index (χ2v) is 18.9. The van der Waals surface area contributed by atoms with Gasteiger partial charge in [-0.3, -0.25) is 9.35 Å². The monoisotopic (exact) mass is 920 g/mol. The maximum absolute atomic E-state index is 13.1. The molecule has 372 valence electrons. The molecule has 0 aromatic rings. The van der Waals surface area contributed by atoms with Crippen LogP contribution in [0.15, 0.2) is 24.3 Å². The fourth-order valence-electron chi connectivity index (χ4n) is 8.07. The molecule has 0 aromatic carbocycles. The molecule has 1 amide bonds. The molecule has 1 fully saturated rings. The van der Waals surface area contributed by atoms with E-state index in [0.29, 0.717) is 12.8 Å². The number of ether oxygens (including phenoxy) is 2. The predicted octanol–water partition coefficient (Wildman–Crippen LogP) is 9.47. The quantitative estimate of drug-likeness (QED) is 0.0173. The second kappa shape index (κ2) is 39.7. The van der Waals surface area contributed by atoms with Crippen molar-refractivity contribution in [2.24, 2.45) is 0 Å². The summed E-state index contributed by atoms with van der Waals surface area (Å²) in [6.45, 7) is 3.22. The minimum atomic E-state index is -5.12. The third-order valence-corrected chi connectivity index (χ3v) is 12.6. The Kier molecular flexibility index (Phi) is 37.5. The molecular formula is C49H93NO12S. The molecule has 8 unspecified atom stereocenters. The summed E-state index contributed by atoms with van der Waals surface area (Å²) in [5.74, 6) is -0.709. The average molecular weight is 920 g/mol. The minimum Gasteiger partial charge on any atom is -0.394 e. The van der Waals surface area contributed by atoms with Crippen LogP contribution in [0.25, 0.3) is 0 Å². The molecule has 0 spiro atoms. The van der Waals surface area contributed by atoms with Gasteiger partial charge in [-0.05, 0) is 32.1 Å². The molecule has 0 radical (unpaired) electrons. The zero-order chi connectivity index (χ0) is 46.4. The summed E-state index contributed by atoms with van der Waals surface area (Å²) in [6.07, 6.45) is 34.0. The summed E-state index contributed by atoms with van der Waals surface area (Å²) in [4.78, 5) is 13.1. The number of rotatable bonds is 43. The van der Waals surface area contributed by atoms with Crippen LogP contribution in [0.1, 0.15) is 219 Å². The lowest BCUT2D eigenvalue weighted by molar-refractivity contribution is -0.298. The van der Waals surface area contributed by atoms with Gasteiger partial charge < -0.3 is 40.3 Å². The lowest BCUT2D eigenvalue weighted by Gasteiger charge is -2.41. The number of aliphatic hydroxyl groups is 5. The molecule has 8 atom stereocenters. The van der Waals surface area contributed by atoms with Crippen molar-refractivity contribution in [3.05, 3.63) is 24.3 Å². The van der Waals surface area contributed by atoms with E-state index in [2.05, 4.69) is 35.5 Å². The van der Waals surface area contributed by atoms with E-state index in [9.17, 15) is 43.3 Å². The molecule has 0 bridgehead atoms. The molecule has 1 rings (SSSR count). The number of carbonyl (C=O) groups excluding carboxylic acids is 1. The van der Waals surface area contributed by atoms with Crippen molar-refractivity contribution in [2.75, 3.05) is 13.2 Å². The number of nitrogens with one attached hydrogen (secondary N) is 1. The van der Waals surface area contributed by atoms with E-state index in [1.54, 1.807) is 6.08 Å². The lowest BCUT2D eigenvalue weighted by Crippen LogP contribution is -2.61. The standard InChI is InChI=1S/C49H93NO12S/c1-3-5-7-9-11-13-15-17-19-21-23-25-27-29-31-33-35-37-42(52)41(40-60-49-46(55)47(62-63(57,58)59)45(54)44(39-51)61-49)50-48(56)43(53)38-36-34-32-30-28-26-24-22-20-18-16-14-12-10-8-6-4-2/h27,29,35,37,41-47,49,51-55H,3-26,28,30-34,36,38-40H2,1-2H3,(H,50,56)(H,57,58,59)/b29-27+,37-35+. The van der Waals surface area contributed by atoms with Crippen molar-refractivity contribution >= 4 is 16.3 Å². The van der Waals surface area contributed by atoms with Crippen molar-refractivity contribution < 1.29 is 57.0 Å². The van der Waals surface area contributed by atoms with Crippen LogP contribution in [0.2, 0.25) is 0 Å². The SMILES string of the molecule is CCCCCCCCCCCCC/C=C/CC/C=C/C(O)C(COC1OC(CO)C(O)C(OS(=O)(=O)O)C1O)NC(=O)C(O)CCCCCCCCCCCCCCCCCCC. The molecule has 0 saturated carbocycles. The van der Waals surface area contributed by atoms with Crippen LogP contribution in [0.3, 0.4) is 0 Å². The van der Waals surface area contributed by atoms with Crippen molar-refractivity contribution in [3.63, 3.8) is 0 Å². The summed E-state index contributed by atoms with van der Waals surface area (Å²) in [5, 5.41) is 55.3. The zero-order valence-electron chi connectivity index (χ0n) is 39.5. The smallest absolute Gasteiger partial charge is 0.394 e. The van der Waals surface area contributed by atoms with Crippen LogP contribution in [-0.4, -0.2) is 107 Å². The molecule has 63 heavy (non-hydrogen) atoms. The number of allylic oxidation sites excluding steroid dienone is 3. The first-order chi connectivity index (χ1) is 30.4. The van der Waals surface area contributed by atoms with Gasteiger partial charge >= 0.3 is 10.4 Å². The summed E-state index contributed by atoms with van der Waals surface area (Å²) < 4.78 is 47.6. The van der Waals surface area contributed by atoms with Crippen molar-refractivity contribution in [2.45, 2.75) is 268 Å². The summed E-state index contributed by atoms with van der Waals surface area (Å²) in [6, 6.07) is -1.13. The molecule has 1 saturated heterocycles. The topological polar surface area (TPSA) is 212 Å². The van der Waals surface area contributed by atoms with E-state index >= 15 is 0 Å². The molecule has 14 heteroatoms. The van der Waals surface area contributed by atoms with Gasteiger partial charge in [0.15, 0.2) is 6.29 Å². The first kappa shape index (κ1) is 59.6. The summed E-state index contributed by atoms with van der Waals surface area (Å²) in [7, 11) is -5.12. The highest BCUT2D eigenvalue weighted by molar-refractivity contribution is 7.80. The number of aliphatic hydroxyl groups excluding tert-OH is 5.